The molecule has 0 saturated carbocycles. The van der Waals surface area contributed by atoms with E-state index in [4.69, 9.17) is 14.2 Å². The lowest BCUT2D eigenvalue weighted by atomic mass is 9.98. The van der Waals surface area contributed by atoms with Crippen molar-refractivity contribution in [2.45, 2.75) is 43.6 Å². The summed E-state index contributed by atoms with van der Waals surface area (Å²) in [4.78, 5) is 70.9. The van der Waals surface area contributed by atoms with E-state index in [0.29, 0.717) is 33.9 Å². The monoisotopic (exact) mass is 716 g/mol. The van der Waals surface area contributed by atoms with Gasteiger partial charge in [-0.25, -0.2) is 14.6 Å². The summed E-state index contributed by atoms with van der Waals surface area (Å²) in [5.41, 5.74) is 2.44. The lowest BCUT2D eigenvalue weighted by molar-refractivity contribution is -0.143. The van der Waals surface area contributed by atoms with Crippen LogP contribution in [-0.2, 0) is 36.9 Å². The first-order valence-corrected chi connectivity index (χ1v) is 16.1. The van der Waals surface area contributed by atoms with Gasteiger partial charge in [-0.15, -0.1) is 0 Å². The van der Waals surface area contributed by atoms with E-state index in [1.165, 1.54) is 26.7 Å². The van der Waals surface area contributed by atoms with Gasteiger partial charge in [0.2, 0.25) is 11.8 Å². The van der Waals surface area contributed by atoms with Crippen LogP contribution in [0.25, 0.3) is 0 Å². The molecule has 0 aliphatic carbocycles. The molecule has 4 aromatic rings. The van der Waals surface area contributed by atoms with Gasteiger partial charge in [0.25, 0.3) is 0 Å². The second-order valence-electron chi connectivity index (χ2n) is 11.5. The normalized spacial score (nSPS) is 12.5. The van der Waals surface area contributed by atoms with Crippen LogP contribution in [0.1, 0.15) is 34.8 Å². The van der Waals surface area contributed by atoms with E-state index in [1.54, 1.807) is 78.9 Å². The number of carbonyl (C=O) groups excluding carboxylic acids is 3. The predicted molar refractivity (Wildman–Crippen MR) is 185 cm³/mol. The third-order valence-electron chi connectivity index (χ3n) is 7.86. The van der Waals surface area contributed by atoms with E-state index in [1.807, 2.05) is 0 Å². The van der Waals surface area contributed by atoms with E-state index < -0.39 is 67.0 Å². The molecule has 52 heavy (non-hydrogen) atoms. The average Bonchev–Trinajstić information content (AvgIpc) is 3.67. The number of aromatic nitrogens is 2. The molecule has 0 aliphatic heterocycles. The summed E-state index contributed by atoms with van der Waals surface area (Å²) < 4.78 is 15.8. The number of nitrogens with one attached hydrogen (secondary N) is 5. The molecular weight excluding hydrogens is 676 g/mol. The van der Waals surface area contributed by atoms with Crippen LogP contribution in [0.3, 0.4) is 0 Å². The highest BCUT2D eigenvalue weighted by Crippen LogP contribution is 2.26. The Morgan fingerprint density at radius 3 is 1.87 bits per heavy atom. The van der Waals surface area contributed by atoms with Gasteiger partial charge in [0.15, 0.2) is 0 Å². The fourth-order valence-electron chi connectivity index (χ4n) is 5.06. The van der Waals surface area contributed by atoms with Crippen molar-refractivity contribution in [2.75, 3.05) is 20.8 Å². The average molecular weight is 717 g/mol. The molecule has 0 fully saturated rings. The molecule has 7 N–H and O–H groups in total. The number of alkyl carbamates (subject to hydrolysis) is 1. The molecule has 1 aromatic heterocycles. The van der Waals surface area contributed by atoms with Crippen LogP contribution in [0.15, 0.2) is 91.4 Å². The van der Waals surface area contributed by atoms with Gasteiger partial charge in [0.1, 0.15) is 36.2 Å². The molecule has 0 saturated heterocycles. The van der Waals surface area contributed by atoms with Crippen LogP contribution >= 0.6 is 0 Å². The molecule has 274 valence electrons. The highest BCUT2D eigenvalue weighted by Gasteiger charge is 2.31. The maximum Gasteiger partial charge on any atom is 0.408 e. The second-order valence-corrected chi connectivity index (χ2v) is 11.5. The summed E-state index contributed by atoms with van der Waals surface area (Å²) in [6.07, 6.45) is 1.15. The topological polar surface area (TPSA) is 230 Å². The van der Waals surface area contributed by atoms with Crippen molar-refractivity contribution in [3.8, 4) is 11.5 Å². The van der Waals surface area contributed by atoms with Gasteiger partial charge in [0.05, 0.1) is 38.7 Å². The fraction of sp³-hybridized carbons (Fsp3) is 0.278. The van der Waals surface area contributed by atoms with Crippen molar-refractivity contribution < 1.29 is 48.4 Å². The van der Waals surface area contributed by atoms with Crippen LogP contribution in [0.5, 0.6) is 11.5 Å². The highest BCUT2D eigenvalue weighted by molar-refractivity contribution is 5.93. The summed E-state index contributed by atoms with van der Waals surface area (Å²) in [6.45, 7) is -0.644. The Morgan fingerprint density at radius 1 is 0.750 bits per heavy atom. The van der Waals surface area contributed by atoms with Crippen molar-refractivity contribution in [3.63, 3.8) is 0 Å². The Balaban J connectivity index is 1.52. The van der Waals surface area contributed by atoms with E-state index in [9.17, 15) is 34.2 Å². The third kappa shape index (κ3) is 11.6. The first kappa shape index (κ1) is 38.4. The predicted octanol–water partition coefficient (Wildman–Crippen LogP) is 2.17. The van der Waals surface area contributed by atoms with Crippen LogP contribution in [-0.4, -0.2) is 88.9 Å². The summed E-state index contributed by atoms with van der Waals surface area (Å²) in [7, 11) is 3.05. The van der Waals surface area contributed by atoms with E-state index in [-0.39, 0.29) is 13.0 Å². The van der Waals surface area contributed by atoms with Gasteiger partial charge in [-0.05, 0) is 41.0 Å². The third-order valence-corrected chi connectivity index (χ3v) is 7.86. The number of benzene rings is 3. The smallest absolute Gasteiger partial charge is 0.408 e. The molecule has 16 heteroatoms. The largest absolute Gasteiger partial charge is 0.497 e. The Labute approximate surface area is 298 Å². The maximum absolute atomic E-state index is 13.6. The van der Waals surface area contributed by atoms with Gasteiger partial charge in [0, 0.05) is 19.2 Å². The summed E-state index contributed by atoms with van der Waals surface area (Å²) in [5.74, 6) is -3.26. The molecule has 0 radical (unpaired) electrons. The van der Waals surface area contributed by atoms with Crippen molar-refractivity contribution >= 4 is 29.8 Å². The van der Waals surface area contributed by atoms with Crippen molar-refractivity contribution in [1.29, 1.82) is 0 Å². The SMILES string of the molecule is COc1ccc(C(NC(=O)C[C@H](NC(=O)OCc2ccccc2)C(=O)N[C@@H](CN[C@@H](Cc2c[nH]cn2)C(=O)O)C(=O)O)c2ccc(OC)cc2)cc1. The number of carbonyl (C=O) groups is 5. The van der Waals surface area contributed by atoms with E-state index >= 15 is 0 Å². The van der Waals surface area contributed by atoms with Crippen LogP contribution in [0.4, 0.5) is 4.79 Å². The van der Waals surface area contributed by atoms with Crippen molar-refractivity contribution in [3.05, 3.63) is 114 Å². The first-order chi connectivity index (χ1) is 25.1. The molecular formula is C36H40N6O10. The minimum absolute atomic E-state index is 0.0692. The van der Waals surface area contributed by atoms with Crippen LogP contribution in [0, 0.1) is 0 Å². The van der Waals surface area contributed by atoms with Gasteiger partial charge in [-0.1, -0.05) is 54.6 Å². The number of hydrogen-bond acceptors (Lipinski definition) is 10. The quantitative estimate of drug-likeness (QED) is 0.0741. The van der Waals surface area contributed by atoms with Crippen LogP contribution in [0.2, 0.25) is 0 Å². The number of ether oxygens (including phenoxy) is 3. The lowest BCUT2D eigenvalue weighted by Gasteiger charge is -2.24. The van der Waals surface area contributed by atoms with Gasteiger partial charge >= 0.3 is 18.0 Å². The van der Waals surface area contributed by atoms with E-state index in [2.05, 4.69) is 31.2 Å². The summed E-state index contributed by atoms with van der Waals surface area (Å²) in [6, 6.07) is 17.5. The molecule has 1 heterocycles. The Morgan fingerprint density at radius 2 is 1.35 bits per heavy atom. The van der Waals surface area contributed by atoms with Gasteiger partial charge in [-0.3, -0.25) is 14.4 Å². The van der Waals surface area contributed by atoms with E-state index in [0.717, 1.165) is 0 Å². The molecule has 3 aromatic carbocycles. The molecule has 3 amide bonds. The number of imidazole rings is 1. The zero-order valence-corrected chi connectivity index (χ0v) is 28.4. The number of H-pyrrole nitrogens is 1. The summed E-state index contributed by atoms with van der Waals surface area (Å²) in [5, 5.41) is 29.8. The Hall–Kier alpha value is -6.42. The number of methoxy groups -OCH3 is 2. The lowest BCUT2D eigenvalue weighted by Crippen LogP contribution is -2.56. The van der Waals surface area contributed by atoms with Crippen molar-refractivity contribution in [2.24, 2.45) is 0 Å². The highest BCUT2D eigenvalue weighted by atomic mass is 16.5. The number of nitrogens with zero attached hydrogens (tertiary/aromatic N) is 1. The second kappa shape index (κ2) is 19.1. The van der Waals surface area contributed by atoms with Crippen LogP contribution < -0.4 is 30.7 Å². The Kier molecular flexibility index (Phi) is 14.1. The Bertz CT molecular complexity index is 1720. The van der Waals surface area contributed by atoms with Crippen molar-refractivity contribution in [1.82, 2.24) is 31.2 Å². The molecule has 0 unspecified atom stereocenters. The number of hydrogen-bond donors (Lipinski definition) is 7. The number of carboxylic acid groups (broad SMARTS) is 2. The molecule has 16 nitrogen and oxygen atoms in total. The summed E-state index contributed by atoms with van der Waals surface area (Å²) >= 11 is 0. The molecule has 0 spiro atoms. The van der Waals surface area contributed by atoms with Gasteiger partial charge in [-0.2, -0.15) is 0 Å². The maximum atomic E-state index is 13.6. The minimum atomic E-state index is -1.65. The number of amides is 3. The molecule has 3 atom stereocenters. The number of aliphatic carboxylic acids is 2. The molecule has 0 bridgehead atoms. The number of aromatic amines is 1. The number of rotatable bonds is 19. The zero-order chi connectivity index (χ0) is 37.5. The minimum Gasteiger partial charge on any atom is -0.497 e. The van der Waals surface area contributed by atoms with Gasteiger partial charge < -0.3 is 50.7 Å². The fourth-order valence-corrected chi connectivity index (χ4v) is 5.06. The molecule has 4 rings (SSSR count). The molecule has 0 aliphatic rings. The number of carboxylic acids is 2. The first-order valence-electron chi connectivity index (χ1n) is 16.1. The standard InChI is InChI=1S/C36H40N6O10/c1-50-26-12-8-23(9-13-26)32(24-10-14-27(51-2)15-11-24)42-31(43)17-28(41-36(49)52-20-22-6-4-3-5-7-22)33(44)40-30(35(47)48)19-38-29(34(45)46)16-25-18-37-21-39-25/h3-15,18,21,28-30,32,38H,16-17,19-20H2,1-2H3,(H,37,39)(H,40,44)(H,41,49)(H,42,43)(H,45,46)(H,47,48)/t28-,29-,30-/m0/s1. The zero-order valence-electron chi connectivity index (χ0n) is 28.4.